The van der Waals surface area contributed by atoms with Crippen LogP contribution in [0.1, 0.15) is 13.3 Å². The Hall–Kier alpha value is -1.16. The first-order valence-corrected chi connectivity index (χ1v) is 6.24. The SMILES string of the molecule is CCN(C)C[C@H]1CCN(c2ccc(F)cn2)C1. The molecule has 1 atom stereocenters. The van der Waals surface area contributed by atoms with Gasteiger partial charge in [0.05, 0.1) is 6.20 Å². The minimum Gasteiger partial charge on any atom is -0.356 e. The van der Waals surface area contributed by atoms with Crippen LogP contribution < -0.4 is 4.90 Å². The maximum atomic E-state index is 12.8. The van der Waals surface area contributed by atoms with Crippen LogP contribution in [0.15, 0.2) is 18.3 Å². The number of pyridine rings is 1. The van der Waals surface area contributed by atoms with Crippen LogP contribution in [0.3, 0.4) is 0 Å². The van der Waals surface area contributed by atoms with Crippen LogP contribution in [0, 0.1) is 11.7 Å². The average Bonchev–Trinajstić information content (AvgIpc) is 2.78. The Balaban J connectivity index is 1.91. The van der Waals surface area contributed by atoms with E-state index in [9.17, 15) is 4.39 Å². The molecule has 94 valence electrons. The van der Waals surface area contributed by atoms with Gasteiger partial charge >= 0.3 is 0 Å². The van der Waals surface area contributed by atoms with E-state index < -0.39 is 0 Å². The zero-order valence-corrected chi connectivity index (χ0v) is 10.6. The van der Waals surface area contributed by atoms with Crippen molar-refractivity contribution in [2.24, 2.45) is 5.92 Å². The van der Waals surface area contributed by atoms with Gasteiger partial charge in [-0.25, -0.2) is 9.37 Å². The number of halogens is 1. The van der Waals surface area contributed by atoms with Crippen molar-refractivity contribution in [3.05, 3.63) is 24.1 Å². The quantitative estimate of drug-likeness (QED) is 0.798. The van der Waals surface area contributed by atoms with Gasteiger partial charge in [0.2, 0.25) is 0 Å². The van der Waals surface area contributed by atoms with E-state index >= 15 is 0 Å². The van der Waals surface area contributed by atoms with Gasteiger partial charge in [0.25, 0.3) is 0 Å². The van der Waals surface area contributed by atoms with Crippen LogP contribution in [0.2, 0.25) is 0 Å². The summed E-state index contributed by atoms with van der Waals surface area (Å²) in [4.78, 5) is 8.71. The van der Waals surface area contributed by atoms with Crippen molar-refractivity contribution in [3.63, 3.8) is 0 Å². The number of hydrogen-bond donors (Lipinski definition) is 0. The van der Waals surface area contributed by atoms with Crippen molar-refractivity contribution in [2.45, 2.75) is 13.3 Å². The molecule has 0 radical (unpaired) electrons. The Bertz CT molecular complexity index is 352. The maximum Gasteiger partial charge on any atom is 0.141 e. The topological polar surface area (TPSA) is 19.4 Å². The second-order valence-corrected chi connectivity index (χ2v) is 4.79. The molecule has 1 aromatic heterocycles. The molecule has 0 unspecified atom stereocenters. The largest absolute Gasteiger partial charge is 0.356 e. The van der Waals surface area contributed by atoms with Crippen LogP contribution in [-0.2, 0) is 0 Å². The molecule has 0 amide bonds. The highest BCUT2D eigenvalue weighted by atomic mass is 19.1. The summed E-state index contributed by atoms with van der Waals surface area (Å²) in [6.45, 7) is 6.46. The van der Waals surface area contributed by atoms with Crippen LogP contribution in [0.4, 0.5) is 10.2 Å². The molecule has 0 aliphatic carbocycles. The molecule has 4 heteroatoms. The lowest BCUT2D eigenvalue weighted by Gasteiger charge is -2.20. The summed E-state index contributed by atoms with van der Waals surface area (Å²) in [6.07, 6.45) is 2.49. The van der Waals surface area contributed by atoms with Gasteiger partial charge in [0.1, 0.15) is 11.6 Å². The Morgan fingerprint density at radius 3 is 3.00 bits per heavy atom. The van der Waals surface area contributed by atoms with E-state index in [0.29, 0.717) is 5.92 Å². The smallest absolute Gasteiger partial charge is 0.141 e. The van der Waals surface area contributed by atoms with E-state index in [-0.39, 0.29) is 5.82 Å². The van der Waals surface area contributed by atoms with Crippen molar-refractivity contribution in [3.8, 4) is 0 Å². The zero-order chi connectivity index (χ0) is 12.3. The summed E-state index contributed by atoms with van der Waals surface area (Å²) in [5.74, 6) is 1.33. The molecule has 2 rings (SSSR count). The van der Waals surface area contributed by atoms with E-state index in [2.05, 4.69) is 28.8 Å². The van der Waals surface area contributed by atoms with Gasteiger partial charge in [-0.2, -0.15) is 0 Å². The van der Waals surface area contributed by atoms with Gasteiger partial charge in [-0.15, -0.1) is 0 Å². The zero-order valence-electron chi connectivity index (χ0n) is 10.6. The van der Waals surface area contributed by atoms with E-state index in [1.54, 1.807) is 6.07 Å². The monoisotopic (exact) mass is 237 g/mol. The molecule has 17 heavy (non-hydrogen) atoms. The number of nitrogens with zero attached hydrogens (tertiary/aromatic N) is 3. The lowest BCUT2D eigenvalue weighted by Crippen LogP contribution is -2.28. The minimum absolute atomic E-state index is 0.268. The highest BCUT2D eigenvalue weighted by molar-refractivity contribution is 5.39. The molecule has 1 aromatic rings. The first-order chi connectivity index (χ1) is 8.19. The van der Waals surface area contributed by atoms with Gasteiger partial charge in [0.15, 0.2) is 0 Å². The first kappa shape index (κ1) is 12.3. The fraction of sp³-hybridized carbons (Fsp3) is 0.615. The molecule has 1 aliphatic heterocycles. The van der Waals surface area contributed by atoms with Gasteiger partial charge in [-0.05, 0) is 38.1 Å². The van der Waals surface area contributed by atoms with Gasteiger partial charge in [-0.1, -0.05) is 6.92 Å². The highest BCUT2D eigenvalue weighted by Crippen LogP contribution is 2.22. The van der Waals surface area contributed by atoms with Crippen molar-refractivity contribution >= 4 is 5.82 Å². The summed E-state index contributed by atoms with van der Waals surface area (Å²) in [5.41, 5.74) is 0. The Morgan fingerprint density at radius 2 is 2.35 bits per heavy atom. The van der Waals surface area contributed by atoms with Crippen LogP contribution in [0.25, 0.3) is 0 Å². The molecule has 0 bridgehead atoms. The summed E-state index contributed by atoms with van der Waals surface area (Å²) in [7, 11) is 2.15. The number of aromatic nitrogens is 1. The van der Waals surface area contributed by atoms with E-state index in [4.69, 9.17) is 0 Å². The first-order valence-electron chi connectivity index (χ1n) is 6.24. The van der Waals surface area contributed by atoms with Gasteiger partial charge in [-0.3, -0.25) is 0 Å². The van der Waals surface area contributed by atoms with Crippen LogP contribution in [-0.4, -0.2) is 43.1 Å². The molecule has 3 nitrogen and oxygen atoms in total. The molecule has 1 aliphatic rings. The molecule has 2 heterocycles. The minimum atomic E-state index is -0.268. The number of hydrogen-bond acceptors (Lipinski definition) is 3. The van der Waals surface area contributed by atoms with E-state index in [1.807, 2.05) is 0 Å². The molecule has 0 N–H and O–H groups in total. The predicted octanol–water partition coefficient (Wildman–Crippen LogP) is 2.00. The predicted molar refractivity (Wildman–Crippen MR) is 67.7 cm³/mol. The second kappa shape index (κ2) is 5.45. The Labute approximate surface area is 102 Å². The molecule has 0 saturated carbocycles. The average molecular weight is 237 g/mol. The Kier molecular flexibility index (Phi) is 3.94. The van der Waals surface area contributed by atoms with Gasteiger partial charge < -0.3 is 9.80 Å². The van der Waals surface area contributed by atoms with Crippen LogP contribution >= 0.6 is 0 Å². The molecule has 1 fully saturated rings. The van der Waals surface area contributed by atoms with Crippen molar-refractivity contribution in [2.75, 3.05) is 38.1 Å². The molecule has 0 aromatic carbocycles. The molecular formula is C13H20FN3. The molecule has 0 spiro atoms. The number of rotatable bonds is 4. The Morgan fingerprint density at radius 1 is 1.53 bits per heavy atom. The standard InChI is InChI=1S/C13H20FN3/c1-3-16(2)9-11-6-7-17(10-11)13-5-4-12(14)8-15-13/h4-5,8,11H,3,6-7,9-10H2,1-2H3/t11-/m1/s1. The summed E-state index contributed by atoms with van der Waals surface area (Å²) in [5, 5.41) is 0. The van der Waals surface area contributed by atoms with Gasteiger partial charge in [0, 0.05) is 19.6 Å². The second-order valence-electron chi connectivity index (χ2n) is 4.79. The summed E-state index contributed by atoms with van der Waals surface area (Å²) in [6, 6.07) is 3.25. The molecule has 1 saturated heterocycles. The van der Waals surface area contributed by atoms with E-state index in [1.165, 1.54) is 18.7 Å². The fourth-order valence-electron chi connectivity index (χ4n) is 2.31. The third kappa shape index (κ3) is 3.16. The lowest BCUT2D eigenvalue weighted by molar-refractivity contribution is 0.300. The summed E-state index contributed by atoms with van der Waals surface area (Å²) >= 11 is 0. The third-order valence-corrected chi connectivity index (χ3v) is 3.43. The van der Waals surface area contributed by atoms with E-state index in [0.717, 1.165) is 32.0 Å². The fourth-order valence-corrected chi connectivity index (χ4v) is 2.31. The lowest BCUT2D eigenvalue weighted by atomic mass is 10.1. The summed E-state index contributed by atoms with van der Waals surface area (Å²) < 4.78 is 12.8. The third-order valence-electron chi connectivity index (χ3n) is 3.43. The van der Waals surface area contributed by atoms with Crippen LogP contribution in [0.5, 0.6) is 0 Å². The normalized spacial score (nSPS) is 20.2. The van der Waals surface area contributed by atoms with Crippen molar-refractivity contribution < 1.29 is 4.39 Å². The molecular weight excluding hydrogens is 217 g/mol. The van der Waals surface area contributed by atoms with Crippen molar-refractivity contribution in [1.82, 2.24) is 9.88 Å². The highest BCUT2D eigenvalue weighted by Gasteiger charge is 2.23. The maximum absolute atomic E-state index is 12.8. The number of anilines is 1. The van der Waals surface area contributed by atoms with Crippen molar-refractivity contribution in [1.29, 1.82) is 0 Å².